The van der Waals surface area contributed by atoms with Crippen molar-refractivity contribution in [2.24, 2.45) is 0 Å². The number of methoxy groups -OCH3 is 3. The lowest BCUT2D eigenvalue weighted by molar-refractivity contribution is -0.119. The Morgan fingerprint density at radius 3 is 2.25 bits per heavy atom. The third-order valence-corrected chi connectivity index (χ3v) is 4.32. The molecule has 1 atom stereocenters. The van der Waals surface area contributed by atoms with Crippen LogP contribution in [0.1, 0.15) is 30.5 Å². The first-order chi connectivity index (χ1) is 13.4. The molecule has 0 aliphatic heterocycles. The summed E-state index contributed by atoms with van der Waals surface area (Å²) < 4.78 is 16.1. The van der Waals surface area contributed by atoms with Crippen LogP contribution in [-0.4, -0.2) is 32.3 Å². The highest BCUT2D eigenvalue weighted by Crippen LogP contribution is 2.38. The van der Waals surface area contributed by atoms with Crippen LogP contribution < -0.4 is 25.0 Å². The number of nitrogens with one attached hydrogen (secondary N) is 1. The number of aryl methyl sites for hydroxylation is 1. The Labute approximate surface area is 163 Å². The van der Waals surface area contributed by atoms with Crippen LogP contribution in [0.5, 0.6) is 23.0 Å². The van der Waals surface area contributed by atoms with E-state index in [2.05, 4.69) is 5.32 Å². The van der Waals surface area contributed by atoms with Crippen molar-refractivity contribution in [2.75, 3.05) is 21.3 Å². The van der Waals surface area contributed by atoms with Crippen molar-refractivity contribution in [1.82, 2.24) is 5.32 Å². The van der Waals surface area contributed by atoms with E-state index in [0.717, 1.165) is 5.56 Å². The SMILES string of the molecule is COc1cc(CCC(NC(C)=O)c2cccc(O)c(=O)c2)cc(OC)c1OC. The van der Waals surface area contributed by atoms with Gasteiger partial charge in [0.2, 0.25) is 17.1 Å². The molecule has 0 radical (unpaired) electrons. The van der Waals surface area contributed by atoms with Crippen LogP contribution in [0.3, 0.4) is 0 Å². The molecule has 0 heterocycles. The van der Waals surface area contributed by atoms with Gasteiger partial charge in [-0.1, -0.05) is 12.1 Å². The first-order valence-corrected chi connectivity index (χ1v) is 8.78. The quantitative estimate of drug-likeness (QED) is 0.723. The van der Waals surface area contributed by atoms with Gasteiger partial charge in [0.1, 0.15) is 0 Å². The first-order valence-electron chi connectivity index (χ1n) is 8.78. The van der Waals surface area contributed by atoms with Crippen molar-refractivity contribution in [1.29, 1.82) is 0 Å². The summed E-state index contributed by atoms with van der Waals surface area (Å²) in [6.07, 6.45) is 1.11. The van der Waals surface area contributed by atoms with Crippen LogP contribution in [0.2, 0.25) is 0 Å². The van der Waals surface area contributed by atoms with Crippen molar-refractivity contribution in [3.8, 4) is 23.0 Å². The van der Waals surface area contributed by atoms with Gasteiger partial charge in [0.15, 0.2) is 17.2 Å². The van der Waals surface area contributed by atoms with E-state index in [1.54, 1.807) is 26.4 Å². The van der Waals surface area contributed by atoms with Crippen LogP contribution in [-0.2, 0) is 11.2 Å². The largest absolute Gasteiger partial charge is 0.504 e. The normalized spacial score (nSPS) is 11.4. The Bertz CT molecular complexity index is 871. The van der Waals surface area contributed by atoms with Crippen molar-refractivity contribution in [3.05, 3.63) is 57.7 Å². The summed E-state index contributed by atoms with van der Waals surface area (Å²) in [5.41, 5.74) is 1.05. The van der Waals surface area contributed by atoms with Crippen LogP contribution in [0.15, 0.2) is 41.2 Å². The topological polar surface area (TPSA) is 94.1 Å². The lowest BCUT2D eigenvalue weighted by Gasteiger charge is -2.19. The summed E-state index contributed by atoms with van der Waals surface area (Å²) in [5.74, 6) is 1.06. The number of carbonyl (C=O) groups is 1. The average molecular weight is 387 g/mol. The Kier molecular flexibility index (Phi) is 7.26. The highest BCUT2D eigenvalue weighted by atomic mass is 16.5. The van der Waals surface area contributed by atoms with Gasteiger partial charge in [-0.25, -0.2) is 0 Å². The summed E-state index contributed by atoms with van der Waals surface area (Å²) in [7, 11) is 4.64. The Hall–Kier alpha value is -3.22. The molecule has 0 fully saturated rings. The molecule has 7 nitrogen and oxygen atoms in total. The Balaban J connectivity index is 2.32. The van der Waals surface area contributed by atoms with E-state index < -0.39 is 11.5 Å². The van der Waals surface area contributed by atoms with Gasteiger partial charge < -0.3 is 24.6 Å². The zero-order chi connectivity index (χ0) is 20.7. The van der Waals surface area contributed by atoms with Crippen molar-refractivity contribution in [2.45, 2.75) is 25.8 Å². The highest BCUT2D eigenvalue weighted by molar-refractivity contribution is 5.73. The van der Waals surface area contributed by atoms with E-state index in [1.165, 1.54) is 26.2 Å². The molecular formula is C21H25NO6. The number of amides is 1. The smallest absolute Gasteiger partial charge is 0.220 e. The van der Waals surface area contributed by atoms with Gasteiger partial charge in [0.05, 0.1) is 27.4 Å². The predicted molar refractivity (Wildman–Crippen MR) is 105 cm³/mol. The summed E-state index contributed by atoms with van der Waals surface area (Å²) in [5, 5.41) is 12.5. The monoisotopic (exact) mass is 387 g/mol. The molecule has 0 saturated heterocycles. The van der Waals surface area contributed by atoms with E-state index in [0.29, 0.717) is 35.7 Å². The van der Waals surface area contributed by atoms with Crippen molar-refractivity contribution >= 4 is 5.91 Å². The van der Waals surface area contributed by atoms with Gasteiger partial charge in [0.25, 0.3) is 0 Å². The zero-order valence-electron chi connectivity index (χ0n) is 16.4. The van der Waals surface area contributed by atoms with Crippen molar-refractivity contribution < 1.29 is 24.1 Å². The molecule has 2 rings (SSSR count). The number of rotatable bonds is 8. The van der Waals surface area contributed by atoms with Crippen LogP contribution in [0.4, 0.5) is 0 Å². The molecule has 0 aliphatic carbocycles. The minimum atomic E-state index is -0.497. The molecule has 0 spiro atoms. The number of ether oxygens (including phenoxy) is 3. The fourth-order valence-electron chi connectivity index (χ4n) is 2.98. The molecule has 0 bridgehead atoms. The summed E-state index contributed by atoms with van der Waals surface area (Å²) in [6.45, 7) is 1.42. The molecule has 0 saturated carbocycles. The summed E-state index contributed by atoms with van der Waals surface area (Å²) in [4.78, 5) is 23.6. The lowest BCUT2D eigenvalue weighted by Crippen LogP contribution is -2.26. The molecule has 150 valence electrons. The van der Waals surface area contributed by atoms with Crippen LogP contribution in [0.25, 0.3) is 0 Å². The maximum atomic E-state index is 11.9. The van der Waals surface area contributed by atoms with Crippen molar-refractivity contribution in [3.63, 3.8) is 0 Å². The number of aromatic hydroxyl groups is 1. The molecule has 7 heteroatoms. The van der Waals surface area contributed by atoms with Gasteiger partial charge in [-0.15, -0.1) is 0 Å². The van der Waals surface area contributed by atoms with Crippen LogP contribution >= 0.6 is 0 Å². The van der Waals surface area contributed by atoms with Gasteiger partial charge in [-0.2, -0.15) is 0 Å². The second-order valence-corrected chi connectivity index (χ2v) is 6.24. The first kappa shape index (κ1) is 21.1. The number of hydrogen-bond acceptors (Lipinski definition) is 6. The Morgan fingerprint density at radius 1 is 1.07 bits per heavy atom. The molecule has 0 aromatic heterocycles. The summed E-state index contributed by atoms with van der Waals surface area (Å²) in [6, 6.07) is 9.26. The van der Waals surface area contributed by atoms with E-state index in [1.807, 2.05) is 12.1 Å². The van der Waals surface area contributed by atoms with E-state index in [9.17, 15) is 14.7 Å². The summed E-state index contributed by atoms with van der Waals surface area (Å²) >= 11 is 0. The third kappa shape index (κ3) is 5.16. The molecule has 28 heavy (non-hydrogen) atoms. The predicted octanol–water partition coefficient (Wildman–Crippen LogP) is 2.59. The highest BCUT2D eigenvalue weighted by Gasteiger charge is 2.17. The second kappa shape index (κ2) is 9.64. The Morgan fingerprint density at radius 2 is 1.71 bits per heavy atom. The van der Waals surface area contributed by atoms with E-state index >= 15 is 0 Å². The lowest BCUT2D eigenvalue weighted by atomic mass is 9.99. The fraction of sp³-hybridized carbons (Fsp3) is 0.333. The molecule has 1 amide bonds. The van der Waals surface area contributed by atoms with E-state index in [4.69, 9.17) is 14.2 Å². The minimum absolute atomic E-state index is 0.210. The van der Waals surface area contributed by atoms with Gasteiger partial charge in [-0.05, 0) is 48.2 Å². The van der Waals surface area contributed by atoms with Gasteiger partial charge >= 0.3 is 0 Å². The van der Waals surface area contributed by atoms with Gasteiger partial charge in [-0.3, -0.25) is 9.59 Å². The van der Waals surface area contributed by atoms with E-state index in [-0.39, 0.29) is 11.7 Å². The minimum Gasteiger partial charge on any atom is -0.504 e. The molecular weight excluding hydrogens is 362 g/mol. The van der Waals surface area contributed by atoms with Crippen LogP contribution in [0, 0.1) is 0 Å². The molecule has 0 aliphatic rings. The molecule has 1 unspecified atom stereocenters. The molecule has 2 aromatic carbocycles. The maximum absolute atomic E-state index is 11.9. The maximum Gasteiger partial charge on any atom is 0.220 e. The number of benzene rings is 1. The third-order valence-electron chi connectivity index (χ3n) is 4.32. The standard InChI is InChI=1S/C21H25NO6/c1-13(23)22-16(15-6-5-7-17(24)18(25)12-15)9-8-14-10-19(26-2)21(28-4)20(11-14)27-3/h5-7,10-12,16H,8-9H2,1-4H3,(H,22,23)(H,24,25). The average Bonchev–Trinajstić information content (AvgIpc) is 2.84. The zero-order valence-corrected chi connectivity index (χ0v) is 16.4. The second-order valence-electron chi connectivity index (χ2n) is 6.24. The number of carbonyl (C=O) groups excluding carboxylic acids is 1. The molecule has 2 N–H and O–H groups in total. The molecule has 2 aromatic rings. The number of hydrogen-bond donors (Lipinski definition) is 2. The fourth-order valence-corrected chi connectivity index (χ4v) is 2.98. The van der Waals surface area contributed by atoms with Gasteiger partial charge in [0, 0.05) is 6.92 Å².